The number of hydrogen-bond donors (Lipinski definition) is 1. The lowest BCUT2D eigenvalue weighted by molar-refractivity contribution is 0.287. The number of methoxy groups -OCH3 is 1. The Hall–Kier alpha value is -1.04. The molecule has 0 aliphatic carbocycles. The fourth-order valence-electron chi connectivity index (χ4n) is 1.91. The predicted molar refractivity (Wildman–Crippen MR) is 86.7 cm³/mol. The van der Waals surface area contributed by atoms with Crippen LogP contribution in [0.5, 0.6) is 11.5 Å². The molecule has 0 aliphatic rings. The van der Waals surface area contributed by atoms with Crippen LogP contribution < -0.4 is 15.2 Å². The zero-order chi connectivity index (χ0) is 14.5. The molecular formula is C15H18BrNO2S. The van der Waals surface area contributed by atoms with Crippen molar-refractivity contribution >= 4 is 27.3 Å². The molecule has 1 aromatic carbocycles. The maximum absolute atomic E-state index is 5.82. The van der Waals surface area contributed by atoms with Gasteiger partial charge in [0, 0.05) is 10.9 Å². The van der Waals surface area contributed by atoms with Crippen molar-refractivity contribution < 1.29 is 9.47 Å². The van der Waals surface area contributed by atoms with Crippen molar-refractivity contribution in [3.63, 3.8) is 0 Å². The fraction of sp³-hybridized carbons (Fsp3) is 0.333. The van der Waals surface area contributed by atoms with Crippen molar-refractivity contribution in [3.8, 4) is 11.5 Å². The Bertz CT molecular complexity index is 569. The maximum atomic E-state index is 5.82. The van der Waals surface area contributed by atoms with Crippen LogP contribution in [0.2, 0.25) is 0 Å². The number of benzene rings is 1. The lowest BCUT2D eigenvalue weighted by atomic mass is 10.1. The average molecular weight is 356 g/mol. The Morgan fingerprint density at radius 2 is 2.05 bits per heavy atom. The van der Waals surface area contributed by atoms with E-state index in [-0.39, 0.29) is 6.04 Å². The summed E-state index contributed by atoms with van der Waals surface area (Å²) in [6, 6.07) is 10.2. The summed E-state index contributed by atoms with van der Waals surface area (Å²) in [5.74, 6) is 1.50. The minimum atomic E-state index is 0.134. The molecule has 1 unspecified atom stereocenters. The molecule has 3 nitrogen and oxygen atoms in total. The van der Waals surface area contributed by atoms with Gasteiger partial charge in [0.25, 0.3) is 0 Å². The molecule has 0 radical (unpaired) electrons. The van der Waals surface area contributed by atoms with Gasteiger partial charge < -0.3 is 15.2 Å². The summed E-state index contributed by atoms with van der Waals surface area (Å²) in [4.78, 5) is 1.17. The second-order valence-corrected chi connectivity index (χ2v) is 7.21. The third-order valence-electron chi connectivity index (χ3n) is 2.78. The molecule has 2 N–H and O–H groups in total. The van der Waals surface area contributed by atoms with E-state index in [0.29, 0.717) is 6.61 Å². The average Bonchev–Trinajstić information content (AvgIpc) is 2.82. The first-order chi connectivity index (χ1) is 9.58. The highest BCUT2D eigenvalue weighted by Gasteiger charge is 2.08. The lowest BCUT2D eigenvalue weighted by Crippen LogP contribution is -2.17. The molecule has 2 aromatic rings. The van der Waals surface area contributed by atoms with E-state index >= 15 is 0 Å². The second-order valence-electron chi connectivity index (χ2n) is 4.66. The van der Waals surface area contributed by atoms with Gasteiger partial charge in [-0.25, -0.2) is 0 Å². The third-order valence-corrected chi connectivity index (χ3v) is 4.38. The minimum absolute atomic E-state index is 0.134. The van der Waals surface area contributed by atoms with Crippen LogP contribution in [0.3, 0.4) is 0 Å². The highest BCUT2D eigenvalue weighted by atomic mass is 79.9. The first-order valence-electron chi connectivity index (χ1n) is 6.38. The number of rotatable bonds is 6. The van der Waals surface area contributed by atoms with Crippen LogP contribution in [0.1, 0.15) is 17.4 Å². The van der Waals surface area contributed by atoms with Crippen LogP contribution >= 0.6 is 27.3 Å². The molecule has 1 atom stereocenters. The summed E-state index contributed by atoms with van der Waals surface area (Å²) in [7, 11) is 1.65. The molecule has 0 saturated heterocycles. The Kier molecular flexibility index (Phi) is 5.46. The van der Waals surface area contributed by atoms with Crippen LogP contribution in [-0.2, 0) is 13.0 Å². The molecule has 0 aliphatic heterocycles. The minimum Gasteiger partial charge on any atom is -0.493 e. The van der Waals surface area contributed by atoms with Gasteiger partial charge in [-0.1, -0.05) is 6.07 Å². The van der Waals surface area contributed by atoms with Gasteiger partial charge in [-0.15, -0.1) is 11.3 Å². The van der Waals surface area contributed by atoms with Gasteiger partial charge in [0.05, 0.1) is 10.9 Å². The number of nitrogens with two attached hydrogens (primary N) is 1. The van der Waals surface area contributed by atoms with Crippen LogP contribution in [0.15, 0.2) is 34.1 Å². The molecular weight excluding hydrogens is 338 g/mol. The predicted octanol–water partition coefficient (Wildman–Crippen LogP) is 3.99. The van der Waals surface area contributed by atoms with Crippen LogP contribution in [-0.4, -0.2) is 13.2 Å². The summed E-state index contributed by atoms with van der Waals surface area (Å²) in [6.07, 6.45) is 0.828. The molecule has 108 valence electrons. The van der Waals surface area contributed by atoms with Gasteiger partial charge in [-0.05, 0) is 59.1 Å². The topological polar surface area (TPSA) is 44.5 Å². The maximum Gasteiger partial charge on any atom is 0.161 e. The second kappa shape index (κ2) is 7.11. The first kappa shape index (κ1) is 15.4. The van der Waals surface area contributed by atoms with E-state index in [9.17, 15) is 0 Å². The summed E-state index contributed by atoms with van der Waals surface area (Å²) < 4.78 is 12.3. The quantitative estimate of drug-likeness (QED) is 0.851. The molecule has 0 saturated carbocycles. The number of thiophene rings is 1. The summed E-state index contributed by atoms with van der Waals surface area (Å²) in [5.41, 5.74) is 6.97. The summed E-state index contributed by atoms with van der Waals surface area (Å²) in [6.45, 7) is 2.53. The van der Waals surface area contributed by atoms with Crippen molar-refractivity contribution in [1.29, 1.82) is 0 Å². The molecule has 0 amide bonds. The van der Waals surface area contributed by atoms with Gasteiger partial charge in [0.1, 0.15) is 6.61 Å². The molecule has 0 bridgehead atoms. The zero-order valence-electron chi connectivity index (χ0n) is 11.6. The van der Waals surface area contributed by atoms with Crippen LogP contribution in [0.4, 0.5) is 0 Å². The van der Waals surface area contributed by atoms with Gasteiger partial charge in [0.2, 0.25) is 0 Å². The molecule has 0 fully saturated rings. The van der Waals surface area contributed by atoms with E-state index < -0.39 is 0 Å². The highest BCUT2D eigenvalue weighted by molar-refractivity contribution is 9.11. The van der Waals surface area contributed by atoms with Gasteiger partial charge in [-0.2, -0.15) is 0 Å². The van der Waals surface area contributed by atoms with E-state index in [0.717, 1.165) is 27.3 Å². The molecule has 2 rings (SSSR count). The Morgan fingerprint density at radius 1 is 1.25 bits per heavy atom. The molecule has 1 aromatic heterocycles. The third kappa shape index (κ3) is 4.23. The lowest BCUT2D eigenvalue weighted by Gasteiger charge is -2.12. The van der Waals surface area contributed by atoms with Gasteiger partial charge in [-0.3, -0.25) is 0 Å². The standard InChI is InChI=1S/C15H18BrNO2S/c1-10(17)7-11-3-5-13(14(8-11)18-2)19-9-12-4-6-15(16)20-12/h3-6,8,10H,7,9,17H2,1-2H3. The van der Waals surface area contributed by atoms with Crippen molar-refractivity contribution in [3.05, 3.63) is 44.6 Å². The van der Waals surface area contributed by atoms with E-state index in [1.54, 1.807) is 18.4 Å². The van der Waals surface area contributed by atoms with E-state index in [4.69, 9.17) is 15.2 Å². The van der Waals surface area contributed by atoms with Gasteiger partial charge >= 0.3 is 0 Å². The number of hydrogen-bond acceptors (Lipinski definition) is 4. The molecule has 0 spiro atoms. The van der Waals surface area contributed by atoms with Crippen molar-refractivity contribution in [1.82, 2.24) is 0 Å². The number of ether oxygens (including phenoxy) is 2. The normalized spacial score (nSPS) is 12.2. The van der Waals surface area contributed by atoms with E-state index in [1.165, 1.54) is 4.88 Å². The van der Waals surface area contributed by atoms with Crippen LogP contribution in [0.25, 0.3) is 0 Å². The highest BCUT2D eigenvalue weighted by Crippen LogP contribution is 2.30. The fourth-order valence-corrected chi connectivity index (χ4v) is 3.30. The smallest absolute Gasteiger partial charge is 0.161 e. The van der Waals surface area contributed by atoms with Crippen molar-refractivity contribution in [2.45, 2.75) is 26.0 Å². The Labute approximate surface area is 131 Å². The van der Waals surface area contributed by atoms with E-state index in [2.05, 4.69) is 15.9 Å². The monoisotopic (exact) mass is 355 g/mol. The first-order valence-corrected chi connectivity index (χ1v) is 7.99. The van der Waals surface area contributed by atoms with Crippen LogP contribution in [0, 0.1) is 0 Å². The Morgan fingerprint density at radius 3 is 2.65 bits per heavy atom. The Balaban J connectivity index is 2.07. The molecule has 5 heteroatoms. The van der Waals surface area contributed by atoms with E-state index in [1.807, 2.05) is 37.3 Å². The summed E-state index contributed by atoms with van der Waals surface area (Å²) >= 11 is 5.11. The van der Waals surface area contributed by atoms with Crippen molar-refractivity contribution in [2.24, 2.45) is 5.73 Å². The molecule has 20 heavy (non-hydrogen) atoms. The van der Waals surface area contributed by atoms with Gasteiger partial charge in [0.15, 0.2) is 11.5 Å². The zero-order valence-corrected chi connectivity index (χ0v) is 14.0. The molecule has 1 heterocycles. The van der Waals surface area contributed by atoms with Crippen molar-refractivity contribution in [2.75, 3.05) is 7.11 Å². The number of halogens is 1. The SMILES string of the molecule is COc1cc(CC(C)N)ccc1OCc1ccc(Br)s1. The summed E-state index contributed by atoms with van der Waals surface area (Å²) in [5, 5.41) is 0. The largest absolute Gasteiger partial charge is 0.493 e.